The van der Waals surface area contributed by atoms with Crippen LogP contribution < -0.4 is 0 Å². The minimum absolute atomic E-state index is 0.642. The summed E-state index contributed by atoms with van der Waals surface area (Å²) in [6.45, 7) is 13.7. The molecule has 0 aromatic carbocycles. The van der Waals surface area contributed by atoms with Crippen LogP contribution in [0.4, 0.5) is 0 Å². The van der Waals surface area contributed by atoms with Gasteiger partial charge in [-0.05, 0) is 31.2 Å². The summed E-state index contributed by atoms with van der Waals surface area (Å²) in [5, 5.41) is 0. The largest absolute Gasteiger partial charge is 0.306 e. The van der Waals surface area contributed by atoms with Gasteiger partial charge in [0.2, 0.25) is 0 Å². The molecule has 1 atom stereocenters. The minimum Gasteiger partial charge on any atom is -0.306 e. The van der Waals surface area contributed by atoms with Crippen molar-refractivity contribution in [1.29, 1.82) is 0 Å². The van der Waals surface area contributed by atoms with Crippen LogP contribution in [0.3, 0.4) is 0 Å². The quantitative estimate of drug-likeness (QED) is 0.668. The molecule has 0 bridgehead atoms. The van der Waals surface area contributed by atoms with Gasteiger partial charge in [0, 0.05) is 13.1 Å². The van der Waals surface area contributed by atoms with E-state index < -0.39 is 0 Å². The Labute approximate surface area is 90.9 Å². The van der Waals surface area contributed by atoms with E-state index in [-0.39, 0.29) is 0 Å². The lowest BCUT2D eigenvalue weighted by Gasteiger charge is -2.32. The van der Waals surface area contributed by atoms with Crippen molar-refractivity contribution in [2.45, 2.75) is 53.9 Å². The van der Waals surface area contributed by atoms with Crippen molar-refractivity contribution >= 4 is 0 Å². The summed E-state index contributed by atoms with van der Waals surface area (Å²) in [4.78, 5) is 2.50. The second-order valence-corrected chi connectivity index (χ2v) is 4.37. The molecule has 0 N–H and O–H groups in total. The first kappa shape index (κ1) is 14.0. The van der Waals surface area contributed by atoms with E-state index in [1.807, 2.05) is 13.8 Å². The van der Waals surface area contributed by atoms with Crippen molar-refractivity contribution in [2.75, 3.05) is 20.1 Å². The van der Waals surface area contributed by atoms with E-state index in [0.29, 0.717) is 5.41 Å². The Morgan fingerprint density at radius 3 is 1.93 bits per heavy atom. The Kier molecular flexibility index (Phi) is 6.43. The zero-order valence-electron chi connectivity index (χ0n) is 11.1. The third-order valence-corrected chi connectivity index (χ3v) is 3.88. The third kappa shape index (κ3) is 2.73. The minimum atomic E-state index is 0.642. The molecule has 0 aromatic heterocycles. The zero-order valence-corrected chi connectivity index (χ0v) is 11.1. The van der Waals surface area contributed by atoms with Gasteiger partial charge in [0.15, 0.2) is 0 Å². The first-order chi connectivity index (χ1) is 6.68. The second-order valence-electron chi connectivity index (χ2n) is 4.37. The van der Waals surface area contributed by atoms with E-state index in [1.165, 1.54) is 32.4 Å². The van der Waals surface area contributed by atoms with Crippen LogP contribution in [-0.2, 0) is 0 Å². The van der Waals surface area contributed by atoms with E-state index in [2.05, 4.69) is 32.7 Å². The van der Waals surface area contributed by atoms with Crippen LogP contribution in [-0.4, -0.2) is 25.0 Å². The normalized spacial score (nSPS) is 25.7. The maximum absolute atomic E-state index is 2.50. The SMILES string of the molecule is CC.CCC1CN(C)CC1(CC)CC. The molecule has 0 aromatic rings. The fourth-order valence-corrected chi connectivity index (χ4v) is 2.91. The summed E-state index contributed by atoms with van der Waals surface area (Å²) in [7, 11) is 2.26. The van der Waals surface area contributed by atoms with Crippen LogP contribution in [0.1, 0.15) is 53.9 Å². The van der Waals surface area contributed by atoms with E-state index in [9.17, 15) is 0 Å². The van der Waals surface area contributed by atoms with Crippen LogP contribution in [0.5, 0.6) is 0 Å². The van der Waals surface area contributed by atoms with Crippen LogP contribution in [0.15, 0.2) is 0 Å². The Morgan fingerprint density at radius 1 is 1.14 bits per heavy atom. The lowest BCUT2D eigenvalue weighted by Crippen LogP contribution is -2.28. The Balaban J connectivity index is 0.000000791. The fraction of sp³-hybridized carbons (Fsp3) is 1.00. The van der Waals surface area contributed by atoms with Crippen molar-refractivity contribution in [3.05, 3.63) is 0 Å². The lowest BCUT2D eigenvalue weighted by molar-refractivity contribution is 0.194. The van der Waals surface area contributed by atoms with Gasteiger partial charge in [0.1, 0.15) is 0 Å². The average molecular weight is 199 g/mol. The number of hydrogen-bond acceptors (Lipinski definition) is 1. The summed E-state index contributed by atoms with van der Waals surface area (Å²) in [5.74, 6) is 0.942. The van der Waals surface area contributed by atoms with Crippen molar-refractivity contribution in [2.24, 2.45) is 11.3 Å². The highest BCUT2D eigenvalue weighted by atomic mass is 15.1. The van der Waals surface area contributed by atoms with Crippen LogP contribution >= 0.6 is 0 Å². The highest BCUT2D eigenvalue weighted by molar-refractivity contribution is 4.93. The predicted octanol–water partition coefficient (Wildman–Crippen LogP) is 3.79. The summed E-state index contributed by atoms with van der Waals surface area (Å²) < 4.78 is 0. The van der Waals surface area contributed by atoms with Gasteiger partial charge in [-0.25, -0.2) is 0 Å². The van der Waals surface area contributed by atoms with Gasteiger partial charge < -0.3 is 4.90 Å². The van der Waals surface area contributed by atoms with E-state index in [1.54, 1.807) is 0 Å². The maximum atomic E-state index is 2.50. The molecule has 1 saturated heterocycles. The molecule has 0 saturated carbocycles. The van der Waals surface area contributed by atoms with Crippen molar-refractivity contribution in [3.8, 4) is 0 Å². The predicted molar refractivity (Wildman–Crippen MR) is 65.6 cm³/mol. The number of likely N-dealkylation sites (tertiary alicyclic amines) is 1. The van der Waals surface area contributed by atoms with Crippen LogP contribution in [0.25, 0.3) is 0 Å². The Morgan fingerprint density at radius 2 is 1.64 bits per heavy atom. The molecule has 0 radical (unpaired) electrons. The molecule has 1 aliphatic rings. The van der Waals surface area contributed by atoms with Gasteiger partial charge in [0.05, 0.1) is 0 Å². The maximum Gasteiger partial charge on any atom is 0.00380 e. The molecule has 0 spiro atoms. The first-order valence-electron chi connectivity index (χ1n) is 6.37. The molecule has 1 heterocycles. The fourth-order valence-electron chi connectivity index (χ4n) is 2.91. The zero-order chi connectivity index (χ0) is 11.2. The molecular formula is C13H29N. The van der Waals surface area contributed by atoms with E-state index in [4.69, 9.17) is 0 Å². The topological polar surface area (TPSA) is 3.24 Å². The Bertz CT molecular complexity index is 138. The van der Waals surface area contributed by atoms with Crippen molar-refractivity contribution < 1.29 is 0 Å². The van der Waals surface area contributed by atoms with E-state index >= 15 is 0 Å². The summed E-state index contributed by atoms with van der Waals surface area (Å²) in [6.07, 6.45) is 4.06. The monoisotopic (exact) mass is 199 g/mol. The van der Waals surface area contributed by atoms with Gasteiger partial charge in [-0.1, -0.05) is 41.0 Å². The van der Waals surface area contributed by atoms with Gasteiger partial charge in [-0.15, -0.1) is 0 Å². The highest BCUT2D eigenvalue weighted by Gasteiger charge is 2.41. The number of hydrogen-bond donors (Lipinski definition) is 0. The molecule has 14 heavy (non-hydrogen) atoms. The van der Waals surface area contributed by atoms with Gasteiger partial charge in [0.25, 0.3) is 0 Å². The van der Waals surface area contributed by atoms with E-state index in [0.717, 1.165) is 5.92 Å². The molecule has 1 aliphatic heterocycles. The average Bonchev–Trinajstić information content (AvgIpc) is 2.58. The summed E-state index contributed by atoms with van der Waals surface area (Å²) in [6, 6.07) is 0. The Hall–Kier alpha value is -0.0400. The lowest BCUT2D eigenvalue weighted by atomic mass is 9.73. The molecule has 1 rings (SSSR count). The molecule has 86 valence electrons. The molecule has 1 nitrogen and oxygen atoms in total. The summed E-state index contributed by atoms with van der Waals surface area (Å²) in [5.41, 5.74) is 0.642. The summed E-state index contributed by atoms with van der Waals surface area (Å²) >= 11 is 0. The standard InChI is InChI=1S/C11H23N.C2H6/c1-5-10-8-12(4)9-11(10,6-2)7-3;1-2/h10H,5-9H2,1-4H3;1-2H3. The number of nitrogens with zero attached hydrogens (tertiary/aromatic N) is 1. The third-order valence-electron chi connectivity index (χ3n) is 3.88. The van der Waals surface area contributed by atoms with Gasteiger partial charge >= 0.3 is 0 Å². The second kappa shape index (κ2) is 6.44. The van der Waals surface area contributed by atoms with Crippen molar-refractivity contribution in [1.82, 2.24) is 4.90 Å². The van der Waals surface area contributed by atoms with Crippen LogP contribution in [0.2, 0.25) is 0 Å². The molecule has 0 amide bonds. The van der Waals surface area contributed by atoms with Gasteiger partial charge in [-0.2, -0.15) is 0 Å². The smallest absolute Gasteiger partial charge is 0.00380 e. The van der Waals surface area contributed by atoms with Gasteiger partial charge in [-0.3, -0.25) is 0 Å². The molecule has 1 heteroatoms. The molecule has 1 fully saturated rings. The highest BCUT2D eigenvalue weighted by Crippen LogP contribution is 2.42. The molecule has 1 unspecified atom stereocenters. The first-order valence-corrected chi connectivity index (χ1v) is 6.37. The molecular weight excluding hydrogens is 170 g/mol. The number of rotatable bonds is 3. The molecule has 0 aliphatic carbocycles. The van der Waals surface area contributed by atoms with Crippen LogP contribution in [0, 0.1) is 11.3 Å². The van der Waals surface area contributed by atoms with Crippen molar-refractivity contribution in [3.63, 3.8) is 0 Å².